The van der Waals surface area contributed by atoms with Crippen LogP contribution in [0.25, 0.3) is 0 Å². The fourth-order valence-electron chi connectivity index (χ4n) is 3.46. The number of rotatable bonds is 7. The van der Waals surface area contributed by atoms with Crippen LogP contribution in [0, 0.1) is 0 Å². The average molecular weight is 407 g/mol. The van der Waals surface area contributed by atoms with Gasteiger partial charge in [-0.2, -0.15) is 0 Å². The fraction of sp³-hybridized carbons (Fsp3) is 0.636. The largest absolute Gasteiger partial charge is 0.495 e. The van der Waals surface area contributed by atoms with Crippen LogP contribution in [-0.2, 0) is 15.0 Å². The van der Waals surface area contributed by atoms with Crippen LogP contribution in [0.1, 0.15) is 58.4 Å². The Kier molecular flexibility index (Phi) is 8.23. The molecule has 0 spiro atoms. The minimum Gasteiger partial charge on any atom is -0.495 e. The molecular weight excluding hydrogens is 372 g/mol. The highest BCUT2D eigenvalue weighted by atomic mass is 32.2. The van der Waals surface area contributed by atoms with Gasteiger partial charge in [-0.15, -0.1) is 11.8 Å². The van der Waals surface area contributed by atoms with Crippen LogP contribution in [0.15, 0.2) is 18.2 Å². The molecule has 0 aromatic heterocycles. The van der Waals surface area contributed by atoms with Crippen molar-refractivity contribution < 1.29 is 14.3 Å². The first-order chi connectivity index (χ1) is 13.2. The number of thioether (sulfide) groups is 1. The van der Waals surface area contributed by atoms with Gasteiger partial charge in [0.2, 0.25) is 11.8 Å². The van der Waals surface area contributed by atoms with Gasteiger partial charge in [0.1, 0.15) is 5.75 Å². The number of nitrogens with one attached hydrogen (secondary N) is 1. The molecule has 0 radical (unpaired) electrons. The molecule has 0 unspecified atom stereocenters. The van der Waals surface area contributed by atoms with Gasteiger partial charge in [0, 0.05) is 13.1 Å². The Balaban J connectivity index is 1.86. The van der Waals surface area contributed by atoms with Crippen molar-refractivity contribution >= 4 is 29.3 Å². The highest BCUT2D eigenvalue weighted by molar-refractivity contribution is 8.00. The summed E-state index contributed by atoms with van der Waals surface area (Å²) in [5.41, 5.74) is 1.78. The number of nitrogens with zero attached hydrogens (tertiary/aromatic N) is 1. The van der Waals surface area contributed by atoms with Crippen LogP contribution >= 0.6 is 11.8 Å². The second-order valence-electron chi connectivity index (χ2n) is 8.50. The Morgan fingerprint density at radius 3 is 2.46 bits per heavy atom. The first-order valence-corrected chi connectivity index (χ1v) is 11.2. The van der Waals surface area contributed by atoms with E-state index in [1.165, 1.54) is 31.0 Å². The van der Waals surface area contributed by atoms with E-state index in [0.29, 0.717) is 23.2 Å². The van der Waals surface area contributed by atoms with Gasteiger partial charge in [0.05, 0.1) is 24.3 Å². The molecule has 0 heterocycles. The number of benzene rings is 1. The standard InChI is InChI=1S/C22H34N2O3S/c1-22(2,3)16-11-12-19(27-5)18(13-16)23-20(25)14-28-15-21(26)24(4)17-9-7-6-8-10-17/h11-13,17H,6-10,14-15H2,1-5H3,(H,23,25). The number of carbonyl (C=O) groups is 2. The summed E-state index contributed by atoms with van der Waals surface area (Å²) in [7, 11) is 3.48. The van der Waals surface area contributed by atoms with E-state index in [2.05, 4.69) is 26.1 Å². The van der Waals surface area contributed by atoms with Gasteiger partial charge in [0.15, 0.2) is 0 Å². The molecule has 0 bridgehead atoms. The Morgan fingerprint density at radius 2 is 1.86 bits per heavy atom. The van der Waals surface area contributed by atoms with Crippen LogP contribution in [0.5, 0.6) is 5.75 Å². The van der Waals surface area contributed by atoms with E-state index >= 15 is 0 Å². The third-order valence-corrected chi connectivity index (χ3v) is 6.23. The number of ether oxygens (including phenoxy) is 1. The summed E-state index contributed by atoms with van der Waals surface area (Å²) in [6.45, 7) is 6.39. The van der Waals surface area contributed by atoms with Gasteiger partial charge in [-0.1, -0.05) is 46.1 Å². The van der Waals surface area contributed by atoms with E-state index < -0.39 is 0 Å². The summed E-state index contributed by atoms with van der Waals surface area (Å²) in [6.07, 6.45) is 5.86. The molecule has 5 nitrogen and oxygen atoms in total. The lowest BCUT2D eigenvalue weighted by Crippen LogP contribution is -2.39. The van der Waals surface area contributed by atoms with Crippen molar-refractivity contribution in [1.82, 2.24) is 4.90 Å². The smallest absolute Gasteiger partial charge is 0.234 e. The molecule has 1 fully saturated rings. The number of carbonyl (C=O) groups excluding carboxylic acids is 2. The number of anilines is 1. The summed E-state index contributed by atoms with van der Waals surface area (Å²) >= 11 is 1.36. The molecular formula is C22H34N2O3S. The summed E-state index contributed by atoms with van der Waals surface area (Å²) in [5.74, 6) is 1.20. The van der Waals surface area contributed by atoms with E-state index in [1.54, 1.807) is 7.11 Å². The lowest BCUT2D eigenvalue weighted by atomic mass is 9.87. The van der Waals surface area contributed by atoms with Crippen molar-refractivity contribution in [3.05, 3.63) is 23.8 Å². The topological polar surface area (TPSA) is 58.6 Å². The summed E-state index contributed by atoms with van der Waals surface area (Å²) in [4.78, 5) is 26.6. The minimum absolute atomic E-state index is 0.0172. The van der Waals surface area contributed by atoms with E-state index in [0.717, 1.165) is 18.4 Å². The van der Waals surface area contributed by atoms with Crippen LogP contribution < -0.4 is 10.1 Å². The predicted octanol–water partition coefficient (Wildman–Crippen LogP) is 4.46. The maximum atomic E-state index is 12.4. The van der Waals surface area contributed by atoms with Crippen molar-refractivity contribution in [3.8, 4) is 5.75 Å². The molecule has 2 rings (SSSR count). The zero-order valence-electron chi connectivity index (χ0n) is 17.8. The highest BCUT2D eigenvalue weighted by Crippen LogP contribution is 2.31. The van der Waals surface area contributed by atoms with Crippen LogP contribution in [0.3, 0.4) is 0 Å². The first-order valence-electron chi connectivity index (χ1n) is 10.0. The summed E-state index contributed by atoms with van der Waals surface area (Å²) in [6, 6.07) is 6.22. The van der Waals surface area contributed by atoms with Crippen molar-refractivity contribution in [2.24, 2.45) is 0 Å². The van der Waals surface area contributed by atoms with Crippen LogP contribution in [0.2, 0.25) is 0 Å². The molecule has 0 aliphatic heterocycles. The zero-order valence-corrected chi connectivity index (χ0v) is 18.7. The quantitative estimate of drug-likeness (QED) is 0.726. The first kappa shape index (κ1) is 22.6. The predicted molar refractivity (Wildman–Crippen MR) is 117 cm³/mol. The van der Waals surface area contributed by atoms with Gasteiger partial charge >= 0.3 is 0 Å². The third-order valence-electron chi connectivity index (χ3n) is 5.31. The molecule has 2 amide bonds. The van der Waals surface area contributed by atoms with Crippen molar-refractivity contribution in [2.75, 3.05) is 31.0 Å². The Labute approximate surface area is 173 Å². The van der Waals surface area contributed by atoms with E-state index in [9.17, 15) is 9.59 Å². The second kappa shape index (κ2) is 10.2. The van der Waals surface area contributed by atoms with Gasteiger partial charge in [-0.25, -0.2) is 0 Å². The van der Waals surface area contributed by atoms with Gasteiger partial charge in [0.25, 0.3) is 0 Å². The fourth-order valence-corrected chi connectivity index (χ4v) is 4.20. The summed E-state index contributed by atoms with van der Waals surface area (Å²) in [5, 5.41) is 2.93. The molecule has 1 saturated carbocycles. The SMILES string of the molecule is COc1ccc(C(C)(C)C)cc1NC(=O)CSCC(=O)N(C)C1CCCCC1. The molecule has 1 aromatic rings. The molecule has 1 aromatic carbocycles. The minimum atomic E-state index is -0.123. The Bertz CT molecular complexity index is 679. The molecule has 1 aliphatic rings. The second-order valence-corrected chi connectivity index (χ2v) is 9.49. The van der Waals surface area contributed by atoms with Crippen LogP contribution in [-0.4, -0.2) is 48.4 Å². The molecule has 0 atom stereocenters. The number of hydrogen-bond acceptors (Lipinski definition) is 4. The van der Waals surface area contributed by atoms with Gasteiger partial charge in [-0.3, -0.25) is 9.59 Å². The Hall–Kier alpha value is -1.69. The zero-order chi connectivity index (χ0) is 20.7. The van der Waals surface area contributed by atoms with Crippen molar-refractivity contribution in [1.29, 1.82) is 0 Å². The molecule has 1 aliphatic carbocycles. The molecule has 0 saturated heterocycles. The molecule has 28 heavy (non-hydrogen) atoms. The lowest BCUT2D eigenvalue weighted by Gasteiger charge is -2.31. The lowest BCUT2D eigenvalue weighted by molar-refractivity contribution is -0.129. The molecule has 156 valence electrons. The average Bonchev–Trinajstić information content (AvgIpc) is 2.67. The van der Waals surface area contributed by atoms with Gasteiger partial charge < -0.3 is 15.0 Å². The Morgan fingerprint density at radius 1 is 1.18 bits per heavy atom. The number of methoxy groups -OCH3 is 1. The highest BCUT2D eigenvalue weighted by Gasteiger charge is 2.22. The van der Waals surface area contributed by atoms with Crippen molar-refractivity contribution in [2.45, 2.75) is 64.3 Å². The van der Waals surface area contributed by atoms with Crippen molar-refractivity contribution in [3.63, 3.8) is 0 Å². The van der Waals surface area contributed by atoms with Crippen LogP contribution in [0.4, 0.5) is 5.69 Å². The molecule has 1 N–H and O–H groups in total. The maximum Gasteiger partial charge on any atom is 0.234 e. The molecule has 6 heteroatoms. The third kappa shape index (κ3) is 6.43. The van der Waals surface area contributed by atoms with Gasteiger partial charge in [-0.05, 0) is 36.0 Å². The summed E-state index contributed by atoms with van der Waals surface area (Å²) < 4.78 is 5.37. The normalized spacial score (nSPS) is 15.2. The monoisotopic (exact) mass is 406 g/mol. The van der Waals surface area contributed by atoms with E-state index in [-0.39, 0.29) is 23.0 Å². The van der Waals surface area contributed by atoms with E-state index in [4.69, 9.17) is 4.74 Å². The number of amides is 2. The maximum absolute atomic E-state index is 12.4. The number of hydrogen-bond donors (Lipinski definition) is 1. The van der Waals surface area contributed by atoms with E-state index in [1.807, 2.05) is 30.1 Å².